The van der Waals surface area contributed by atoms with Crippen LogP contribution in [0.5, 0.6) is 0 Å². The molecule has 2 aromatic heterocycles. The minimum Gasteiger partial charge on any atom is -0.302 e. The maximum atomic E-state index is 3.77. The van der Waals surface area contributed by atoms with Crippen molar-refractivity contribution in [2.45, 2.75) is 39.8 Å². The highest BCUT2D eigenvalue weighted by Crippen LogP contribution is 2.30. The highest BCUT2D eigenvalue weighted by molar-refractivity contribution is 7.12. The third kappa shape index (κ3) is 3.22. The first-order valence-corrected chi connectivity index (χ1v) is 8.13. The van der Waals surface area contributed by atoms with E-state index < -0.39 is 0 Å². The number of hydrogen-bond acceptors (Lipinski definition) is 3. The normalized spacial score (nSPS) is 14.9. The summed E-state index contributed by atoms with van der Waals surface area (Å²) in [6.07, 6.45) is 0. The fourth-order valence-corrected chi connectivity index (χ4v) is 3.96. The molecule has 0 saturated heterocycles. The lowest BCUT2D eigenvalue weighted by Crippen LogP contribution is -2.27. The van der Waals surface area contributed by atoms with Crippen molar-refractivity contribution >= 4 is 22.7 Å². The van der Waals surface area contributed by atoms with Crippen LogP contribution in [-0.4, -0.2) is 0 Å². The Kier molecular flexibility index (Phi) is 4.60. The Labute approximate surface area is 118 Å². The number of rotatable bonds is 5. The van der Waals surface area contributed by atoms with Gasteiger partial charge in [-0.25, -0.2) is 0 Å². The summed E-state index contributed by atoms with van der Waals surface area (Å²) in [6.45, 7) is 8.99. The lowest BCUT2D eigenvalue weighted by molar-refractivity contribution is 0.382. The van der Waals surface area contributed by atoms with Crippen LogP contribution in [0, 0.1) is 12.8 Å². The molecule has 0 bridgehead atoms. The Morgan fingerprint density at radius 1 is 1.06 bits per heavy atom. The summed E-state index contributed by atoms with van der Waals surface area (Å²) in [6, 6.07) is 9.67. The van der Waals surface area contributed by atoms with Gasteiger partial charge in [-0.3, -0.25) is 0 Å². The Morgan fingerprint density at radius 3 is 2.33 bits per heavy atom. The fraction of sp³-hybridized carbons (Fsp3) is 0.467. The van der Waals surface area contributed by atoms with Gasteiger partial charge in [-0.1, -0.05) is 19.9 Å². The van der Waals surface area contributed by atoms with Crippen LogP contribution in [-0.2, 0) is 0 Å². The highest BCUT2D eigenvalue weighted by Gasteiger charge is 2.20. The lowest BCUT2D eigenvalue weighted by atomic mass is 10.0. The van der Waals surface area contributed by atoms with E-state index in [0.29, 0.717) is 18.0 Å². The van der Waals surface area contributed by atoms with E-state index in [2.05, 4.69) is 62.7 Å². The molecule has 0 aliphatic carbocycles. The molecule has 3 heteroatoms. The standard InChI is InChI=1S/C15H21NS2/c1-10(2)15(14-6-5-9-17-14)16-12(4)13-8-7-11(3)18-13/h5-10,12,15-16H,1-4H3. The van der Waals surface area contributed by atoms with Crippen molar-refractivity contribution < 1.29 is 0 Å². The first-order chi connectivity index (χ1) is 8.58. The molecule has 2 aromatic rings. The van der Waals surface area contributed by atoms with Crippen LogP contribution in [0.3, 0.4) is 0 Å². The maximum Gasteiger partial charge on any atom is 0.0443 e. The summed E-state index contributed by atoms with van der Waals surface area (Å²) in [5.41, 5.74) is 0. The molecule has 18 heavy (non-hydrogen) atoms. The van der Waals surface area contributed by atoms with E-state index in [1.807, 2.05) is 22.7 Å². The average Bonchev–Trinajstić information content (AvgIpc) is 2.95. The van der Waals surface area contributed by atoms with E-state index in [0.717, 1.165) is 0 Å². The average molecular weight is 279 g/mol. The van der Waals surface area contributed by atoms with Crippen LogP contribution in [0.1, 0.15) is 47.5 Å². The molecule has 0 saturated carbocycles. The van der Waals surface area contributed by atoms with Gasteiger partial charge in [0.05, 0.1) is 0 Å². The van der Waals surface area contributed by atoms with Gasteiger partial charge in [0.2, 0.25) is 0 Å². The van der Waals surface area contributed by atoms with E-state index in [-0.39, 0.29) is 0 Å². The molecular weight excluding hydrogens is 258 g/mol. The van der Waals surface area contributed by atoms with Crippen molar-refractivity contribution in [3.8, 4) is 0 Å². The predicted octanol–water partition coefficient (Wildman–Crippen LogP) is 5.17. The second-order valence-corrected chi connectivity index (χ2v) is 7.37. The number of thiophene rings is 2. The molecule has 2 rings (SSSR count). The Morgan fingerprint density at radius 2 is 1.83 bits per heavy atom. The van der Waals surface area contributed by atoms with Gasteiger partial charge in [-0.2, -0.15) is 0 Å². The molecule has 1 N–H and O–H groups in total. The Balaban J connectivity index is 2.10. The fourth-order valence-electron chi connectivity index (χ4n) is 2.11. The van der Waals surface area contributed by atoms with E-state index in [1.54, 1.807) is 0 Å². The van der Waals surface area contributed by atoms with Gasteiger partial charge >= 0.3 is 0 Å². The number of nitrogens with one attached hydrogen (secondary N) is 1. The SMILES string of the molecule is Cc1ccc(C(C)NC(c2cccs2)C(C)C)s1. The van der Waals surface area contributed by atoms with Crippen LogP contribution in [0.15, 0.2) is 29.6 Å². The molecular formula is C15H21NS2. The molecule has 2 heterocycles. The summed E-state index contributed by atoms with van der Waals surface area (Å²) >= 11 is 3.73. The number of aryl methyl sites for hydroxylation is 1. The van der Waals surface area contributed by atoms with E-state index in [9.17, 15) is 0 Å². The summed E-state index contributed by atoms with van der Waals surface area (Å²) in [7, 11) is 0. The largest absolute Gasteiger partial charge is 0.302 e. The van der Waals surface area contributed by atoms with Gasteiger partial charge in [0.25, 0.3) is 0 Å². The van der Waals surface area contributed by atoms with E-state index >= 15 is 0 Å². The lowest BCUT2D eigenvalue weighted by Gasteiger charge is -2.25. The smallest absolute Gasteiger partial charge is 0.0443 e. The van der Waals surface area contributed by atoms with Gasteiger partial charge in [-0.15, -0.1) is 22.7 Å². The summed E-state index contributed by atoms with van der Waals surface area (Å²) in [4.78, 5) is 4.25. The first kappa shape index (κ1) is 13.8. The van der Waals surface area contributed by atoms with Crippen molar-refractivity contribution in [3.63, 3.8) is 0 Å². The first-order valence-electron chi connectivity index (χ1n) is 6.43. The van der Waals surface area contributed by atoms with Crippen LogP contribution in [0.25, 0.3) is 0 Å². The van der Waals surface area contributed by atoms with Crippen molar-refractivity contribution in [1.29, 1.82) is 0 Å². The molecule has 0 aliphatic heterocycles. The van der Waals surface area contributed by atoms with E-state index in [4.69, 9.17) is 0 Å². The third-order valence-electron chi connectivity index (χ3n) is 3.13. The molecule has 0 amide bonds. The van der Waals surface area contributed by atoms with Gasteiger partial charge in [0, 0.05) is 26.7 Å². The topological polar surface area (TPSA) is 12.0 Å². The van der Waals surface area contributed by atoms with Crippen LogP contribution in [0.4, 0.5) is 0 Å². The molecule has 0 aromatic carbocycles. The minimum atomic E-state index is 0.415. The van der Waals surface area contributed by atoms with Crippen molar-refractivity contribution in [3.05, 3.63) is 44.3 Å². The van der Waals surface area contributed by atoms with Crippen LogP contribution < -0.4 is 5.32 Å². The zero-order chi connectivity index (χ0) is 13.1. The molecule has 0 spiro atoms. The van der Waals surface area contributed by atoms with Crippen molar-refractivity contribution in [2.24, 2.45) is 5.92 Å². The van der Waals surface area contributed by atoms with Gasteiger partial charge in [0.1, 0.15) is 0 Å². The van der Waals surface area contributed by atoms with Crippen molar-refractivity contribution in [2.75, 3.05) is 0 Å². The van der Waals surface area contributed by atoms with E-state index in [1.165, 1.54) is 14.6 Å². The Hall–Kier alpha value is -0.640. The molecule has 2 atom stereocenters. The monoisotopic (exact) mass is 279 g/mol. The second-order valence-electron chi connectivity index (χ2n) is 5.07. The number of hydrogen-bond donors (Lipinski definition) is 1. The van der Waals surface area contributed by atoms with Gasteiger partial charge in [0.15, 0.2) is 0 Å². The van der Waals surface area contributed by atoms with Crippen LogP contribution in [0.2, 0.25) is 0 Å². The molecule has 2 unspecified atom stereocenters. The molecule has 0 fully saturated rings. The minimum absolute atomic E-state index is 0.415. The maximum absolute atomic E-state index is 3.77. The summed E-state index contributed by atoms with van der Waals surface area (Å²) < 4.78 is 0. The van der Waals surface area contributed by atoms with Crippen molar-refractivity contribution in [1.82, 2.24) is 5.32 Å². The second kappa shape index (κ2) is 6.00. The molecule has 0 radical (unpaired) electrons. The third-order valence-corrected chi connectivity index (χ3v) is 5.27. The predicted molar refractivity (Wildman–Crippen MR) is 82.5 cm³/mol. The Bertz CT molecular complexity index is 470. The van der Waals surface area contributed by atoms with Crippen LogP contribution >= 0.6 is 22.7 Å². The molecule has 1 nitrogen and oxygen atoms in total. The summed E-state index contributed by atoms with van der Waals surface area (Å²) in [5.74, 6) is 0.604. The quantitative estimate of drug-likeness (QED) is 0.796. The molecule has 98 valence electrons. The zero-order valence-corrected chi connectivity index (χ0v) is 13.1. The summed E-state index contributed by atoms with van der Waals surface area (Å²) in [5, 5.41) is 5.93. The highest BCUT2D eigenvalue weighted by atomic mass is 32.1. The molecule has 0 aliphatic rings. The van der Waals surface area contributed by atoms with Gasteiger partial charge in [-0.05, 0) is 43.3 Å². The zero-order valence-electron chi connectivity index (χ0n) is 11.4. The van der Waals surface area contributed by atoms with Gasteiger partial charge < -0.3 is 5.32 Å².